The first-order chi connectivity index (χ1) is 16.6. The van der Waals surface area contributed by atoms with E-state index >= 15 is 0 Å². The number of nitrogens with zero attached hydrogens (tertiary/aromatic N) is 4. The van der Waals surface area contributed by atoms with Crippen LogP contribution in [0.1, 0.15) is 43.4 Å². The third-order valence-corrected chi connectivity index (χ3v) is 5.38. The van der Waals surface area contributed by atoms with Crippen molar-refractivity contribution >= 4 is 28.4 Å². The van der Waals surface area contributed by atoms with E-state index in [1.165, 1.54) is 6.92 Å². The molecule has 2 aromatic heterocycles. The number of rotatable bonds is 5. The molecule has 11 heteroatoms. The Hall–Kier alpha value is -4.72. The van der Waals surface area contributed by atoms with E-state index in [9.17, 15) is 28.0 Å². The first-order valence-electron chi connectivity index (χ1n) is 10.2. The number of aromatic nitrogens is 3. The number of pyridine rings is 1. The molecular formula is C24H17F3N6O2. The van der Waals surface area contributed by atoms with Gasteiger partial charge in [-0.25, -0.2) is 4.98 Å². The summed E-state index contributed by atoms with van der Waals surface area (Å²) >= 11 is 0. The Morgan fingerprint density at radius 1 is 1.14 bits per heavy atom. The lowest BCUT2D eigenvalue weighted by Gasteiger charge is -2.11. The molecule has 0 aliphatic carbocycles. The molecule has 0 saturated heterocycles. The highest BCUT2D eigenvalue weighted by molar-refractivity contribution is 6.14. The lowest BCUT2D eigenvalue weighted by Crippen LogP contribution is -2.19. The Kier molecular flexibility index (Phi) is 5.96. The number of nitrogens with one attached hydrogen (secondary N) is 1. The fourth-order valence-electron chi connectivity index (χ4n) is 3.65. The Bertz CT molecular complexity index is 1520. The fraction of sp³-hybridized carbons (Fsp3) is 0.125. The monoisotopic (exact) mass is 478 g/mol. The number of carbonyl (C=O) groups is 2. The number of amides is 2. The first kappa shape index (κ1) is 23.4. The predicted molar refractivity (Wildman–Crippen MR) is 120 cm³/mol. The summed E-state index contributed by atoms with van der Waals surface area (Å²) in [5, 5.41) is 15.6. The molecule has 0 aliphatic heterocycles. The molecule has 0 bridgehead atoms. The number of para-hydroxylation sites is 1. The third kappa shape index (κ3) is 4.54. The van der Waals surface area contributed by atoms with Gasteiger partial charge in [0.1, 0.15) is 5.69 Å². The van der Waals surface area contributed by atoms with Gasteiger partial charge < -0.3 is 11.1 Å². The summed E-state index contributed by atoms with van der Waals surface area (Å²) < 4.78 is 42.6. The van der Waals surface area contributed by atoms with Gasteiger partial charge >= 0.3 is 6.18 Å². The summed E-state index contributed by atoms with van der Waals surface area (Å²) in [6.07, 6.45) is -4.87. The van der Waals surface area contributed by atoms with E-state index in [0.717, 1.165) is 10.7 Å². The molecule has 0 spiro atoms. The number of nitrogens with two attached hydrogens (primary N) is 1. The minimum atomic E-state index is -4.87. The molecule has 8 nitrogen and oxygen atoms in total. The number of fused-ring (bicyclic) bond motifs is 1. The number of benzene rings is 2. The van der Waals surface area contributed by atoms with Crippen molar-refractivity contribution in [1.29, 1.82) is 5.26 Å². The van der Waals surface area contributed by atoms with E-state index in [4.69, 9.17) is 5.73 Å². The number of anilines is 1. The van der Waals surface area contributed by atoms with Gasteiger partial charge in [-0.1, -0.05) is 36.4 Å². The molecular weight excluding hydrogens is 461 g/mol. The van der Waals surface area contributed by atoms with Crippen molar-refractivity contribution in [2.45, 2.75) is 19.6 Å². The largest absolute Gasteiger partial charge is 0.437 e. The van der Waals surface area contributed by atoms with E-state index in [2.05, 4.69) is 15.4 Å². The quantitative estimate of drug-likeness (QED) is 0.448. The molecule has 2 aromatic carbocycles. The van der Waals surface area contributed by atoms with Crippen LogP contribution >= 0.6 is 0 Å². The lowest BCUT2D eigenvalue weighted by molar-refractivity contribution is -0.140. The van der Waals surface area contributed by atoms with Gasteiger partial charge in [0.2, 0.25) is 0 Å². The molecule has 4 aromatic rings. The smallest absolute Gasteiger partial charge is 0.364 e. The average molecular weight is 478 g/mol. The second kappa shape index (κ2) is 8.90. The van der Waals surface area contributed by atoms with Crippen LogP contribution in [0.25, 0.3) is 10.9 Å². The molecule has 0 unspecified atom stereocenters. The maximum Gasteiger partial charge on any atom is 0.437 e. The molecule has 0 radical (unpaired) electrons. The molecule has 4 rings (SSSR count). The highest BCUT2D eigenvalue weighted by Gasteiger charge is 2.39. The molecule has 0 aliphatic rings. The van der Waals surface area contributed by atoms with Gasteiger partial charge in [-0.05, 0) is 30.7 Å². The van der Waals surface area contributed by atoms with Crippen LogP contribution in [-0.2, 0) is 12.7 Å². The molecule has 3 N–H and O–H groups in total. The predicted octanol–water partition coefficient (Wildman–Crippen LogP) is 4.03. The highest BCUT2D eigenvalue weighted by atomic mass is 19.4. The molecule has 0 saturated carbocycles. The Morgan fingerprint density at radius 2 is 1.83 bits per heavy atom. The molecule has 2 amide bonds. The number of nitriles is 1. The SMILES string of the molecule is Cc1c(NC(=O)c2cc(C(N)=O)nc3ccccc23)c(C(F)(F)F)nn1Cc1ccccc1C#N. The van der Waals surface area contributed by atoms with Gasteiger partial charge in [-0.2, -0.15) is 23.5 Å². The summed E-state index contributed by atoms with van der Waals surface area (Å²) in [7, 11) is 0. The number of primary amides is 1. The van der Waals surface area contributed by atoms with Crippen molar-refractivity contribution in [2.75, 3.05) is 5.32 Å². The van der Waals surface area contributed by atoms with Crippen LogP contribution in [0.15, 0.2) is 54.6 Å². The summed E-state index contributed by atoms with van der Waals surface area (Å²) in [6.45, 7) is 1.27. The van der Waals surface area contributed by atoms with Crippen molar-refractivity contribution in [3.05, 3.63) is 88.4 Å². The van der Waals surface area contributed by atoms with Crippen LogP contribution in [0, 0.1) is 18.3 Å². The Morgan fingerprint density at radius 3 is 2.51 bits per heavy atom. The number of carbonyl (C=O) groups excluding carboxylic acids is 2. The van der Waals surface area contributed by atoms with E-state index in [1.54, 1.807) is 48.5 Å². The van der Waals surface area contributed by atoms with Crippen LogP contribution in [0.3, 0.4) is 0 Å². The summed E-state index contributed by atoms with van der Waals surface area (Å²) in [5.41, 5.74) is 4.31. The number of halogens is 3. The summed E-state index contributed by atoms with van der Waals surface area (Å²) in [5.74, 6) is -1.78. The topological polar surface area (TPSA) is 127 Å². The standard InChI is InChI=1S/C24H17F3N6O2/c1-13-20(21(24(25,26)27)32-33(13)12-15-7-3-2-6-14(15)11-28)31-23(35)17-10-19(22(29)34)30-18-9-5-4-8-16(17)18/h2-10H,12H2,1H3,(H2,29,34)(H,31,35). The zero-order valence-electron chi connectivity index (χ0n) is 18.2. The minimum absolute atomic E-state index is 0.0342. The van der Waals surface area contributed by atoms with Crippen molar-refractivity contribution in [3.63, 3.8) is 0 Å². The van der Waals surface area contributed by atoms with E-state index in [1.807, 2.05) is 6.07 Å². The van der Waals surface area contributed by atoms with Gasteiger partial charge in [-0.3, -0.25) is 14.3 Å². The van der Waals surface area contributed by atoms with Crippen LogP contribution in [0.4, 0.5) is 18.9 Å². The molecule has 176 valence electrons. The normalized spacial score (nSPS) is 11.3. The maximum atomic E-state index is 13.9. The fourth-order valence-corrected chi connectivity index (χ4v) is 3.65. The Balaban J connectivity index is 1.79. The van der Waals surface area contributed by atoms with Crippen LogP contribution < -0.4 is 11.1 Å². The summed E-state index contributed by atoms with van der Waals surface area (Å²) in [6, 6.07) is 16.0. The zero-order valence-corrected chi connectivity index (χ0v) is 18.2. The van der Waals surface area contributed by atoms with Gasteiger partial charge in [-0.15, -0.1) is 0 Å². The van der Waals surface area contributed by atoms with Crippen molar-refractivity contribution < 1.29 is 22.8 Å². The van der Waals surface area contributed by atoms with Crippen molar-refractivity contribution in [3.8, 4) is 6.07 Å². The second-order valence-electron chi connectivity index (χ2n) is 7.62. The second-order valence-corrected chi connectivity index (χ2v) is 7.62. The molecule has 35 heavy (non-hydrogen) atoms. The van der Waals surface area contributed by atoms with E-state index < -0.39 is 29.4 Å². The van der Waals surface area contributed by atoms with E-state index in [0.29, 0.717) is 16.5 Å². The molecule has 0 fully saturated rings. The zero-order chi connectivity index (χ0) is 25.3. The minimum Gasteiger partial charge on any atom is -0.364 e. The highest BCUT2D eigenvalue weighted by Crippen LogP contribution is 2.36. The van der Waals surface area contributed by atoms with Crippen molar-refractivity contribution in [1.82, 2.24) is 14.8 Å². The van der Waals surface area contributed by atoms with Crippen LogP contribution in [0.2, 0.25) is 0 Å². The van der Waals surface area contributed by atoms with Gasteiger partial charge in [0, 0.05) is 5.39 Å². The lowest BCUT2D eigenvalue weighted by atomic mass is 10.1. The first-order valence-corrected chi connectivity index (χ1v) is 10.2. The Labute approximate surface area is 196 Å². The third-order valence-electron chi connectivity index (χ3n) is 5.38. The molecule has 2 heterocycles. The van der Waals surface area contributed by atoms with Gasteiger partial charge in [0.05, 0.1) is 40.6 Å². The maximum absolute atomic E-state index is 13.9. The van der Waals surface area contributed by atoms with Gasteiger partial charge in [0.15, 0.2) is 5.69 Å². The van der Waals surface area contributed by atoms with Crippen molar-refractivity contribution in [2.24, 2.45) is 5.73 Å². The van der Waals surface area contributed by atoms with E-state index in [-0.39, 0.29) is 29.0 Å². The van der Waals surface area contributed by atoms with Gasteiger partial charge in [0.25, 0.3) is 11.8 Å². The number of hydrogen-bond acceptors (Lipinski definition) is 5. The van der Waals surface area contributed by atoms with Crippen LogP contribution in [-0.4, -0.2) is 26.6 Å². The van der Waals surface area contributed by atoms with Crippen LogP contribution in [0.5, 0.6) is 0 Å². The number of alkyl halides is 3. The number of hydrogen-bond donors (Lipinski definition) is 2. The average Bonchev–Trinajstić information content (AvgIpc) is 3.14. The summed E-state index contributed by atoms with van der Waals surface area (Å²) in [4.78, 5) is 28.9. The molecule has 0 atom stereocenters.